The van der Waals surface area contributed by atoms with Crippen molar-refractivity contribution in [1.82, 2.24) is 9.55 Å². The van der Waals surface area contributed by atoms with Gasteiger partial charge in [0, 0.05) is 41.6 Å². The van der Waals surface area contributed by atoms with Crippen molar-refractivity contribution in [2.75, 3.05) is 5.88 Å². The van der Waals surface area contributed by atoms with Crippen LogP contribution < -0.4 is 0 Å². The van der Waals surface area contributed by atoms with Crippen LogP contribution >= 0.6 is 11.6 Å². The molecule has 2 heterocycles. The maximum atomic E-state index is 5.79. The van der Waals surface area contributed by atoms with Gasteiger partial charge in [-0.15, -0.1) is 11.6 Å². The second kappa shape index (κ2) is 4.04. The average molecular weight is 245 g/mol. The first-order valence-corrected chi connectivity index (χ1v) is 6.21. The molecule has 17 heavy (non-hydrogen) atoms. The second-order valence-electron chi connectivity index (χ2n) is 4.24. The molecule has 0 fully saturated rings. The van der Waals surface area contributed by atoms with Gasteiger partial charge >= 0.3 is 0 Å². The van der Waals surface area contributed by atoms with E-state index in [1.165, 1.54) is 27.4 Å². The maximum absolute atomic E-state index is 5.79. The highest BCUT2D eigenvalue weighted by Gasteiger charge is 2.07. The van der Waals surface area contributed by atoms with Crippen molar-refractivity contribution in [1.29, 1.82) is 0 Å². The number of alkyl halides is 1. The van der Waals surface area contributed by atoms with Gasteiger partial charge in [-0.2, -0.15) is 0 Å². The second-order valence-corrected chi connectivity index (χ2v) is 4.62. The van der Waals surface area contributed by atoms with Gasteiger partial charge in [0.1, 0.15) is 0 Å². The Morgan fingerprint density at radius 1 is 1.18 bits per heavy atom. The summed E-state index contributed by atoms with van der Waals surface area (Å²) in [5.74, 6) is 0.664. The summed E-state index contributed by atoms with van der Waals surface area (Å²) in [5, 5.41) is 2.47. The van der Waals surface area contributed by atoms with Crippen LogP contribution in [0.4, 0.5) is 0 Å². The Morgan fingerprint density at radius 2 is 2.06 bits per heavy atom. The van der Waals surface area contributed by atoms with E-state index in [2.05, 4.69) is 40.9 Å². The molecule has 0 radical (unpaired) electrons. The number of nitrogens with zero attached hydrogens (tertiary/aromatic N) is 2. The summed E-state index contributed by atoms with van der Waals surface area (Å²) in [6, 6.07) is 8.59. The number of halogens is 1. The standard InChI is InChI=1S/C14H13ClN2/c1-17-13-5-7-16-9-12(13)11-3-2-10(4-6-15)8-14(11)17/h2-3,5,7-9H,4,6H2,1H3. The molecule has 0 unspecified atom stereocenters. The van der Waals surface area contributed by atoms with Crippen LogP contribution in [0.2, 0.25) is 0 Å². The Morgan fingerprint density at radius 3 is 2.88 bits per heavy atom. The molecular formula is C14H13ClN2. The van der Waals surface area contributed by atoms with E-state index in [0.29, 0.717) is 5.88 Å². The number of hydrogen-bond donors (Lipinski definition) is 0. The van der Waals surface area contributed by atoms with Gasteiger partial charge in [0.15, 0.2) is 0 Å². The zero-order chi connectivity index (χ0) is 11.8. The van der Waals surface area contributed by atoms with Crippen molar-refractivity contribution < 1.29 is 0 Å². The Balaban J connectivity index is 2.36. The van der Waals surface area contributed by atoms with Gasteiger partial charge in [0.05, 0.1) is 5.52 Å². The molecule has 86 valence electrons. The van der Waals surface area contributed by atoms with E-state index in [9.17, 15) is 0 Å². The van der Waals surface area contributed by atoms with Gasteiger partial charge in [-0.25, -0.2) is 0 Å². The molecular weight excluding hydrogens is 232 g/mol. The lowest BCUT2D eigenvalue weighted by molar-refractivity contribution is 1.01. The van der Waals surface area contributed by atoms with Crippen LogP contribution in [-0.4, -0.2) is 15.4 Å². The highest BCUT2D eigenvalue weighted by atomic mass is 35.5. The Bertz CT molecular complexity index is 685. The number of rotatable bonds is 2. The van der Waals surface area contributed by atoms with Crippen molar-refractivity contribution in [3.8, 4) is 0 Å². The highest BCUT2D eigenvalue weighted by Crippen LogP contribution is 2.27. The SMILES string of the molecule is Cn1c2ccncc2c2ccc(CCCl)cc21. The van der Waals surface area contributed by atoms with Crippen LogP contribution in [0.5, 0.6) is 0 Å². The van der Waals surface area contributed by atoms with E-state index in [1.54, 1.807) is 0 Å². The van der Waals surface area contributed by atoms with Crippen molar-refractivity contribution in [2.45, 2.75) is 6.42 Å². The third-order valence-electron chi connectivity index (χ3n) is 3.26. The molecule has 0 saturated heterocycles. The molecule has 0 aliphatic carbocycles. The fourth-order valence-electron chi connectivity index (χ4n) is 2.36. The average Bonchev–Trinajstić information content (AvgIpc) is 2.65. The summed E-state index contributed by atoms with van der Waals surface area (Å²) in [5.41, 5.74) is 3.75. The van der Waals surface area contributed by atoms with Crippen molar-refractivity contribution in [3.05, 3.63) is 42.2 Å². The predicted molar refractivity (Wildman–Crippen MR) is 72.6 cm³/mol. The largest absolute Gasteiger partial charge is 0.344 e. The number of hydrogen-bond acceptors (Lipinski definition) is 1. The van der Waals surface area contributed by atoms with Gasteiger partial charge in [0.2, 0.25) is 0 Å². The molecule has 0 atom stereocenters. The molecule has 3 rings (SSSR count). The zero-order valence-corrected chi connectivity index (χ0v) is 10.4. The van der Waals surface area contributed by atoms with Gasteiger partial charge in [-0.3, -0.25) is 4.98 Å². The first kappa shape index (κ1) is 10.6. The van der Waals surface area contributed by atoms with Gasteiger partial charge < -0.3 is 4.57 Å². The van der Waals surface area contributed by atoms with Crippen LogP contribution in [0.3, 0.4) is 0 Å². The first-order chi connectivity index (χ1) is 8.31. The van der Waals surface area contributed by atoms with E-state index in [0.717, 1.165) is 6.42 Å². The van der Waals surface area contributed by atoms with Crippen LogP contribution in [0, 0.1) is 0 Å². The molecule has 1 aromatic carbocycles. The summed E-state index contributed by atoms with van der Waals surface area (Å²) in [7, 11) is 2.09. The molecule has 2 aromatic heterocycles. The number of benzene rings is 1. The van der Waals surface area contributed by atoms with Crippen LogP contribution in [0.25, 0.3) is 21.8 Å². The van der Waals surface area contributed by atoms with Gasteiger partial charge in [-0.05, 0) is 24.1 Å². The van der Waals surface area contributed by atoms with Crippen molar-refractivity contribution >= 4 is 33.4 Å². The molecule has 2 nitrogen and oxygen atoms in total. The first-order valence-electron chi connectivity index (χ1n) is 5.68. The van der Waals surface area contributed by atoms with Crippen LogP contribution in [0.15, 0.2) is 36.7 Å². The van der Waals surface area contributed by atoms with Crippen LogP contribution in [-0.2, 0) is 13.5 Å². The fraction of sp³-hybridized carbons (Fsp3) is 0.214. The fourth-order valence-corrected chi connectivity index (χ4v) is 2.58. The molecule has 0 aliphatic rings. The molecule has 3 heteroatoms. The summed E-state index contributed by atoms with van der Waals surface area (Å²) in [6.45, 7) is 0. The Labute approximate surface area is 105 Å². The minimum absolute atomic E-state index is 0.664. The third kappa shape index (κ3) is 1.60. The van der Waals surface area contributed by atoms with Crippen molar-refractivity contribution in [3.63, 3.8) is 0 Å². The number of fused-ring (bicyclic) bond motifs is 3. The molecule has 0 saturated carbocycles. The van der Waals surface area contributed by atoms with Gasteiger partial charge in [0.25, 0.3) is 0 Å². The minimum atomic E-state index is 0.664. The predicted octanol–water partition coefficient (Wildman–Crippen LogP) is 3.51. The summed E-state index contributed by atoms with van der Waals surface area (Å²) < 4.78 is 2.21. The minimum Gasteiger partial charge on any atom is -0.344 e. The topological polar surface area (TPSA) is 17.8 Å². The smallest absolute Gasteiger partial charge is 0.0519 e. The molecule has 0 bridgehead atoms. The van der Waals surface area contributed by atoms with Crippen LogP contribution in [0.1, 0.15) is 5.56 Å². The Kier molecular flexibility index (Phi) is 2.52. The van der Waals surface area contributed by atoms with Gasteiger partial charge in [-0.1, -0.05) is 12.1 Å². The zero-order valence-electron chi connectivity index (χ0n) is 9.65. The van der Waals surface area contributed by atoms with E-state index in [4.69, 9.17) is 11.6 Å². The quantitative estimate of drug-likeness (QED) is 0.631. The van der Waals surface area contributed by atoms with Crippen molar-refractivity contribution in [2.24, 2.45) is 7.05 Å². The lowest BCUT2D eigenvalue weighted by Gasteiger charge is -2.00. The van der Waals surface area contributed by atoms with E-state index in [1.807, 2.05) is 12.4 Å². The molecule has 0 spiro atoms. The number of aryl methyl sites for hydroxylation is 2. The lowest BCUT2D eigenvalue weighted by atomic mass is 10.1. The monoisotopic (exact) mass is 244 g/mol. The van der Waals surface area contributed by atoms with E-state index < -0.39 is 0 Å². The number of pyridine rings is 1. The summed E-state index contributed by atoms with van der Waals surface area (Å²) in [4.78, 5) is 4.20. The molecule has 3 aromatic rings. The Hall–Kier alpha value is -1.54. The maximum Gasteiger partial charge on any atom is 0.0519 e. The van der Waals surface area contributed by atoms with E-state index >= 15 is 0 Å². The number of aromatic nitrogens is 2. The summed E-state index contributed by atoms with van der Waals surface area (Å²) in [6.07, 6.45) is 4.68. The lowest BCUT2D eigenvalue weighted by Crippen LogP contribution is -1.89. The molecule has 0 aliphatic heterocycles. The molecule has 0 amide bonds. The highest BCUT2D eigenvalue weighted by molar-refractivity contribution is 6.18. The van der Waals surface area contributed by atoms with E-state index in [-0.39, 0.29) is 0 Å². The third-order valence-corrected chi connectivity index (χ3v) is 3.45. The molecule has 0 N–H and O–H groups in total. The normalized spacial score (nSPS) is 11.4. The summed E-state index contributed by atoms with van der Waals surface area (Å²) >= 11 is 5.79.